The van der Waals surface area contributed by atoms with Crippen LogP contribution in [0.2, 0.25) is 0 Å². The third-order valence-electron chi connectivity index (χ3n) is 5.43. The van der Waals surface area contributed by atoms with E-state index in [9.17, 15) is 0 Å². The Hall–Kier alpha value is -1.24. The van der Waals surface area contributed by atoms with Crippen molar-refractivity contribution in [3.63, 3.8) is 0 Å². The fourth-order valence-corrected chi connectivity index (χ4v) is 3.74. The highest BCUT2D eigenvalue weighted by Gasteiger charge is 2.20. The number of hydrogen-bond acceptors (Lipinski definition) is 1. The Labute approximate surface area is 150 Å². The monoisotopic (exact) mass is 329 g/mol. The molecular formula is C23H39N. The van der Waals surface area contributed by atoms with Crippen LogP contribution in [0.3, 0.4) is 0 Å². The zero-order valence-electron chi connectivity index (χ0n) is 17.1. The first kappa shape index (κ1) is 20.8. The summed E-state index contributed by atoms with van der Waals surface area (Å²) >= 11 is 0. The van der Waals surface area contributed by atoms with Gasteiger partial charge in [0, 0.05) is 17.3 Å². The smallest absolute Gasteiger partial charge is 0.0378 e. The largest absolute Gasteiger partial charge is 0.382 e. The second kappa shape index (κ2) is 10.6. The van der Waals surface area contributed by atoms with Crippen molar-refractivity contribution >= 4 is 5.70 Å². The molecule has 0 aromatic heterocycles. The maximum Gasteiger partial charge on any atom is 0.0378 e. The molecule has 1 rings (SSSR count). The van der Waals surface area contributed by atoms with Gasteiger partial charge in [-0.2, -0.15) is 0 Å². The molecule has 136 valence electrons. The van der Waals surface area contributed by atoms with Gasteiger partial charge in [0.2, 0.25) is 0 Å². The summed E-state index contributed by atoms with van der Waals surface area (Å²) in [4.78, 5) is 0. The molecule has 1 N–H and O–H groups in total. The van der Waals surface area contributed by atoms with E-state index in [0.29, 0.717) is 6.04 Å². The number of hydrogen-bond donors (Lipinski definition) is 1. The maximum absolute atomic E-state index is 3.94. The zero-order valence-corrected chi connectivity index (χ0v) is 17.1. The molecule has 0 aliphatic carbocycles. The van der Waals surface area contributed by atoms with Crippen LogP contribution in [0.1, 0.15) is 88.5 Å². The molecule has 0 fully saturated rings. The molecule has 1 aromatic carbocycles. The third-order valence-corrected chi connectivity index (χ3v) is 5.43. The highest BCUT2D eigenvalue weighted by Crippen LogP contribution is 2.27. The van der Waals surface area contributed by atoms with Crippen molar-refractivity contribution in [1.82, 2.24) is 5.32 Å². The van der Waals surface area contributed by atoms with Gasteiger partial charge in [0.25, 0.3) is 0 Å². The van der Waals surface area contributed by atoms with Crippen molar-refractivity contribution in [3.8, 4) is 0 Å². The standard InChI is InChI=1S/C23H39N/c1-8-12-20(13-9-2)22(11-4)24-23(14-10-3)21-16-15-17(5)18(6)19(21)7/h14-16,20,22,24H,8-13H2,1-7H3/b23-14-. The molecule has 24 heavy (non-hydrogen) atoms. The molecule has 0 radical (unpaired) electrons. The summed E-state index contributed by atoms with van der Waals surface area (Å²) in [7, 11) is 0. The molecule has 0 aliphatic rings. The first-order valence-corrected chi connectivity index (χ1v) is 10.0. The summed E-state index contributed by atoms with van der Waals surface area (Å²) in [6.45, 7) is 15.9. The van der Waals surface area contributed by atoms with Crippen LogP contribution in [0.5, 0.6) is 0 Å². The predicted molar refractivity (Wildman–Crippen MR) is 109 cm³/mol. The lowest BCUT2D eigenvalue weighted by Gasteiger charge is -2.30. The van der Waals surface area contributed by atoms with E-state index in [2.05, 4.69) is 72.0 Å². The van der Waals surface area contributed by atoms with E-state index in [0.717, 1.165) is 12.3 Å². The van der Waals surface area contributed by atoms with E-state index in [4.69, 9.17) is 0 Å². The van der Waals surface area contributed by atoms with Gasteiger partial charge >= 0.3 is 0 Å². The van der Waals surface area contributed by atoms with Crippen LogP contribution in [-0.2, 0) is 0 Å². The Morgan fingerprint density at radius 3 is 2.08 bits per heavy atom. The van der Waals surface area contributed by atoms with Gasteiger partial charge in [-0.25, -0.2) is 0 Å². The number of nitrogens with one attached hydrogen (secondary N) is 1. The topological polar surface area (TPSA) is 12.0 Å². The van der Waals surface area contributed by atoms with E-state index in [1.165, 1.54) is 60.1 Å². The van der Waals surface area contributed by atoms with Crippen molar-refractivity contribution in [2.24, 2.45) is 5.92 Å². The highest BCUT2D eigenvalue weighted by atomic mass is 14.9. The van der Waals surface area contributed by atoms with Gasteiger partial charge in [-0.3, -0.25) is 0 Å². The lowest BCUT2D eigenvalue weighted by molar-refractivity contribution is 0.329. The number of aryl methyl sites for hydroxylation is 1. The molecule has 0 heterocycles. The quantitative estimate of drug-likeness (QED) is 0.490. The molecule has 0 bridgehead atoms. The molecule has 1 atom stereocenters. The Bertz CT molecular complexity index is 521. The first-order valence-electron chi connectivity index (χ1n) is 10.0. The minimum absolute atomic E-state index is 0.573. The fraction of sp³-hybridized carbons (Fsp3) is 0.652. The molecule has 0 spiro atoms. The molecule has 0 saturated heterocycles. The summed E-state index contributed by atoms with van der Waals surface area (Å²) in [5.74, 6) is 0.775. The molecule has 0 aliphatic heterocycles. The van der Waals surface area contributed by atoms with E-state index >= 15 is 0 Å². The van der Waals surface area contributed by atoms with Gasteiger partial charge < -0.3 is 5.32 Å². The molecule has 0 saturated carbocycles. The number of rotatable bonds is 10. The van der Waals surface area contributed by atoms with Crippen molar-refractivity contribution in [2.75, 3.05) is 0 Å². The fourth-order valence-electron chi connectivity index (χ4n) is 3.74. The van der Waals surface area contributed by atoms with E-state index in [1.807, 2.05) is 0 Å². The minimum Gasteiger partial charge on any atom is -0.382 e. The average Bonchev–Trinajstić information content (AvgIpc) is 2.57. The van der Waals surface area contributed by atoms with Gasteiger partial charge in [0.1, 0.15) is 0 Å². The minimum atomic E-state index is 0.573. The van der Waals surface area contributed by atoms with E-state index in [-0.39, 0.29) is 0 Å². The van der Waals surface area contributed by atoms with Gasteiger partial charge in [0.05, 0.1) is 0 Å². The molecule has 1 unspecified atom stereocenters. The maximum atomic E-state index is 3.94. The molecule has 0 amide bonds. The third kappa shape index (κ3) is 5.40. The van der Waals surface area contributed by atoms with Gasteiger partial charge in [0.15, 0.2) is 0 Å². The molecule has 1 nitrogen and oxygen atoms in total. The summed E-state index contributed by atoms with van der Waals surface area (Å²) in [5.41, 5.74) is 6.93. The molecule has 1 aromatic rings. The number of allylic oxidation sites excluding steroid dienone is 1. The normalized spacial score (nSPS) is 13.4. The summed E-state index contributed by atoms with van der Waals surface area (Å²) < 4.78 is 0. The summed E-state index contributed by atoms with van der Waals surface area (Å²) in [6.07, 6.45) is 9.83. The van der Waals surface area contributed by atoms with E-state index in [1.54, 1.807) is 0 Å². The van der Waals surface area contributed by atoms with Crippen LogP contribution in [0.25, 0.3) is 5.70 Å². The molecular weight excluding hydrogens is 290 g/mol. The Morgan fingerprint density at radius 1 is 0.958 bits per heavy atom. The van der Waals surface area contributed by atoms with Crippen LogP contribution in [0.15, 0.2) is 18.2 Å². The van der Waals surface area contributed by atoms with Crippen LogP contribution < -0.4 is 5.32 Å². The first-order chi connectivity index (χ1) is 11.5. The highest BCUT2D eigenvalue weighted by molar-refractivity contribution is 5.68. The molecule has 1 heteroatoms. The summed E-state index contributed by atoms with van der Waals surface area (Å²) in [5, 5.41) is 3.94. The number of benzene rings is 1. The SMILES string of the molecule is CC/C=C(\NC(CC)C(CCC)CCC)c1ccc(C)c(C)c1C. The van der Waals surface area contributed by atoms with Crippen molar-refractivity contribution in [1.29, 1.82) is 0 Å². The zero-order chi connectivity index (χ0) is 18.1. The second-order valence-corrected chi connectivity index (χ2v) is 7.20. The van der Waals surface area contributed by atoms with Gasteiger partial charge in [-0.05, 0) is 69.1 Å². The van der Waals surface area contributed by atoms with Crippen molar-refractivity contribution < 1.29 is 0 Å². The van der Waals surface area contributed by atoms with E-state index < -0.39 is 0 Å². The van der Waals surface area contributed by atoms with Crippen LogP contribution in [-0.4, -0.2) is 6.04 Å². The van der Waals surface area contributed by atoms with Crippen LogP contribution in [0, 0.1) is 26.7 Å². The second-order valence-electron chi connectivity index (χ2n) is 7.20. The van der Waals surface area contributed by atoms with Gasteiger partial charge in [-0.15, -0.1) is 0 Å². The summed E-state index contributed by atoms with van der Waals surface area (Å²) in [6, 6.07) is 5.14. The Balaban J connectivity index is 3.12. The Kier molecular flexibility index (Phi) is 9.18. The average molecular weight is 330 g/mol. The lowest BCUT2D eigenvalue weighted by Crippen LogP contribution is -2.35. The van der Waals surface area contributed by atoms with Crippen LogP contribution >= 0.6 is 0 Å². The van der Waals surface area contributed by atoms with Gasteiger partial charge in [-0.1, -0.05) is 58.7 Å². The van der Waals surface area contributed by atoms with Crippen LogP contribution in [0.4, 0.5) is 0 Å². The van der Waals surface area contributed by atoms with Crippen molar-refractivity contribution in [2.45, 2.75) is 93.0 Å². The predicted octanol–water partition coefficient (Wildman–Crippen LogP) is 6.95. The van der Waals surface area contributed by atoms with Crippen molar-refractivity contribution in [3.05, 3.63) is 40.5 Å². The lowest BCUT2D eigenvalue weighted by atomic mass is 9.88. The Morgan fingerprint density at radius 2 is 1.58 bits per heavy atom.